The maximum Gasteiger partial charge on any atom is 0.271 e. The van der Waals surface area contributed by atoms with Crippen LogP contribution in [0.2, 0.25) is 0 Å². The van der Waals surface area contributed by atoms with Crippen molar-refractivity contribution in [3.8, 4) is 0 Å². The van der Waals surface area contributed by atoms with Crippen LogP contribution in [0, 0.1) is 34.9 Å². The first kappa shape index (κ1) is 46.6. The largest absolute Gasteiger partial charge is 0.379 e. The molecule has 0 radical (unpaired) electrons. The quantitative estimate of drug-likeness (QED) is 0.0875. The predicted molar refractivity (Wildman–Crippen MR) is 198 cm³/mol. The summed E-state index contributed by atoms with van der Waals surface area (Å²) in [5.74, 6) is -7.95. The molecule has 6 rings (SSSR count). The molecule has 0 amide bonds. The van der Waals surface area contributed by atoms with Crippen molar-refractivity contribution in [1.82, 2.24) is 28.5 Å². The first-order valence-corrected chi connectivity index (χ1v) is 21.8. The SMILES string of the molecule is COCBr.COCN(c1nc(CN2CCOCC2)ns1)S(=O)(=O)c1cc(F)c(F)cc1F.O=S(=O)(Nc1nc(CN2CCOCC2)ns1)c1cc(F)c(F)cc1F. The van der Waals surface area contributed by atoms with E-state index in [9.17, 15) is 43.2 Å². The number of hydrogen-bond acceptors (Lipinski definition) is 16. The van der Waals surface area contributed by atoms with E-state index in [0.29, 0.717) is 93.2 Å². The molecule has 2 aromatic heterocycles. The number of methoxy groups -OCH3 is 2. The van der Waals surface area contributed by atoms with Crippen LogP contribution in [0.15, 0.2) is 34.1 Å². The second kappa shape index (κ2) is 21.8. The van der Waals surface area contributed by atoms with E-state index in [2.05, 4.69) is 39.4 Å². The molecular weight excluding hydrogens is 923 g/mol. The van der Waals surface area contributed by atoms with E-state index in [1.54, 1.807) is 7.11 Å². The first-order valence-electron chi connectivity index (χ1n) is 16.2. The Morgan fingerprint density at radius 1 is 0.719 bits per heavy atom. The summed E-state index contributed by atoms with van der Waals surface area (Å²) >= 11 is 4.58. The van der Waals surface area contributed by atoms with E-state index in [0.717, 1.165) is 23.1 Å². The fourth-order valence-electron chi connectivity index (χ4n) is 4.73. The minimum Gasteiger partial charge on any atom is -0.379 e. The lowest BCUT2D eigenvalue weighted by Crippen LogP contribution is -2.36. The van der Waals surface area contributed by atoms with E-state index >= 15 is 0 Å². The monoisotopic (exact) mass is 956 g/mol. The van der Waals surface area contributed by atoms with Crippen LogP contribution in [0.3, 0.4) is 0 Å². The Hall–Kier alpha value is -3.12. The first-order chi connectivity index (χ1) is 27.1. The Kier molecular flexibility index (Phi) is 17.8. The molecule has 2 aromatic carbocycles. The third-order valence-electron chi connectivity index (χ3n) is 7.46. The van der Waals surface area contributed by atoms with Crippen LogP contribution in [0.4, 0.5) is 36.6 Å². The van der Waals surface area contributed by atoms with Gasteiger partial charge in [0.15, 0.2) is 34.9 Å². The van der Waals surface area contributed by atoms with Crippen molar-refractivity contribution >= 4 is 69.3 Å². The molecule has 0 spiro atoms. The van der Waals surface area contributed by atoms with Gasteiger partial charge in [0.1, 0.15) is 33.7 Å². The highest BCUT2D eigenvalue weighted by molar-refractivity contribution is 9.09. The number of rotatable bonds is 13. The summed E-state index contributed by atoms with van der Waals surface area (Å²) in [6.07, 6.45) is 0. The molecule has 0 bridgehead atoms. The Bertz CT molecular complexity index is 2140. The molecule has 316 valence electrons. The smallest absolute Gasteiger partial charge is 0.271 e. The molecule has 2 aliphatic rings. The molecule has 4 heterocycles. The van der Waals surface area contributed by atoms with E-state index in [-0.39, 0.29) is 28.5 Å². The number of aromatic nitrogens is 4. The van der Waals surface area contributed by atoms with Gasteiger partial charge in [0.05, 0.1) is 39.5 Å². The van der Waals surface area contributed by atoms with Crippen molar-refractivity contribution in [2.75, 3.05) is 88.1 Å². The Balaban J connectivity index is 0.000000232. The van der Waals surface area contributed by atoms with Crippen LogP contribution in [-0.2, 0) is 52.1 Å². The Labute approximate surface area is 340 Å². The summed E-state index contributed by atoms with van der Waals surface area (Å²) in [4.78, 5) is 10.3. The molecule has 2 aliphatic heterocycles. The van der Waals surface area contributed by atoms with Crippen LogP contribution in [-0.4, -0.2) is 124 Å². The number of nitrogens with one attached hydrogen (secondary N) is 1. The van der Waals surface area contributed by atoms with Gasteiger partial charge in [-0.15, -0.1) is 0 Å². The Morgan fingerprint density at radius 2 is 1.18 bits per heavy atom. The van der Waals surface area contributed by atoms with Gasteiger partial charge in [0.2, 0.25) is 10.3 Å². The second-order valence-electron chi connectivity index (χ2n) is 11.5. The zero-order chi connectivity index (χ0) is 41.8. The van der Waals surface area contributed by atoms with Gasteiger partial charge in [-0.1, -0.05) is 15.9 Å². The third-order valence-corrected chi connectivity index (χ3v) is 12.7. The molecule has 0 saturated carbocycles. The molecular formula is C30H35BrF6N8O8S4. The standard InChI is InChI=1S/C15H17F3N4O4S2.C13H13F3N4O3S2.C2H5BrO/c1-25-9-22(28(23,24)13-7-11(17)10(16)6-12(13)18)15-19-14(20-27-15)8-21-2-4-26-5-3-21;14-8-5-10(16)11(6-9(8)15)25(21,22)19-13-17-12(18-24-13)7-20-1-3-23-4-2-20;1-4-2-3/h6-7H,2-5,8-9H2,1H3;5-6H,1-4,7H2,(H,17,18,19);2H2,1H3. The van der Waals surface area contributed by atoms with E-state index in [1.165, 1.54) is 7.11 Å². The minimum absolute atomic E-state index is 0.0748. The maximum absolute atomic E-state index is 14.1. The summed E-state index contributed by atoms with van der Waals surface area (Å²) in [6.45, 7) is 5.45. The lowest BCUT2D eigenvalue weighted by atomic mass is 10.3. The van der Waals surface area contributed by atoms with E-state index in [1.807, 2.05) is 14.5 Å². The number of hydrogen-bond donors (Lipinski definition) is 1. The van der Waals surface area contributed by atoms with Gasteiger partial charge in [-0.3, -0.25) is 14.5 Å². The van der Waals surface area contributed by atoms with Crippen molar-refractivity contribution in [3.63, 3.8) is 0 Å². The summed E-state index contributed by atoms with van der Waals surface area (Å²) in [5.41, 5.74) is 0.632. The summed E-state index contributed by atoms with van der Waals surface area (Å²) in [5, 5.41) is -0.165. The van der Waals surface area contributed by atoms with Crippen molar-refractivity contribution in [1.29, 1.82) is 0 Å². The number of sulfonamides is 2. The van der Waals surface area contributed by atoms with Gasteiger partial charge in [-0.25, -0.2) is 57.5 Å². The summed E-state index contributed by atoms with van der Waals surface area (Å²) in [6, 6.07) is 0.923. The fourth-order valence-corrected chi connectivity index (χ4v) is 8.86. The highest BCUT2D eigenvalue weighted by Gasteiger charge is 2.32. The maximum atomic E-state index is 14.1. The number of anilines is 2. The second-order valence-corrected chi connectivity index (χ2v) is 16.9. The number of alkyl halides is 1. The number of halogens is 7. The molecule has 27 heteroatoms. The number of ether oxygens (including phenoxy) is 4. The third kappa shape index (κ3) is 13.2. The zero-order valence-corrected chi connectivity index (χ0v) is 34.8. The number of nitrogens with zero attached hydrogens (tertiary/aromatic N) is 7. The highest BCUT2D eigenvalue weighted by atomic mass is 79.9. The van der Waals surface area contributed by atoms with Crippen LogP contribution in [0.5, 0.6) is 0 Å². The van der Waals surface area contributed by atoms with Gasteiger partial charge in [0.25, 0.3) is 20.0 Å². The number of morpholine rings is 2. The van der Waals surface area contributed by atoms with Gasteiger partial charge >= 0.3 is 0 Å². The molecule has 2 saturated heterocycles. The predicted octanol–water partition coefficient (Wildman–Crippen LogP) is 4.16. The normalized spacial score (nSPS) is 15.3. The number of benzene rings is 2. The van der Waals surface area contributed by atoms with Crippen LogP contribution in [0.25, 0.3) is 0 Å². The average Bonchev–Trinajstić information content (AvgIpc) is 3.83. The van der Waals surface area contributed by atoms with Crippen molar-refractivity contribution in [2.45, 2.75) is 22.9 Å². The molecule has 57 heavy (non-hydrogen) atoms. The average molecular weight is 958 g/mol. The highest BCUT2D eigenvalue weighted by Crippen LogP contribution is 2.29. The van der Waals surface area contributed by atoms with Crippen molar-refractivity contribution in [3.05, 3.63) is 70.8 Å². The van der Waals surface area contributed by atoms with Crippen LogP contribution in [0.1, 0.15) is 11.6 Å². The van der Waals surface area contributed by atoms with E-state index in [4.69, 9.17) is 14.2 Å². The molecule has 1 N–H and O–H groups in total. The molecule has 0 unspecified atom stereocenters. The van der Waals surface area contributed by atoms with Gasteiger partial charge in [-0.2, -0.15) is 8.75 Å². The van der Waals surface area contributed by atoms with Gasteiger partial charge in [-0.05, 0) is 0 Å². The molecule has 2 fully saturated rings. The Morgan fingerprint density at radius 3 is 1.68 bits per heavy atom. The van der Waals surface area contributed by atoms with Crippen LogP contribution < -0.4 is 9.03 Å². The molecule has 0 atom stereocenters. The van der Waals surface area contributed by atoms with E-state index < -0.39 is 71.5 Å². The lowest BCUT2D eigenvalue weighted by Gasteiger charge is -2.25. The van der Waals surface area contributed by atoms with Crippen molar-refractivity contribution in [2.24, 2.45) is 0 Å². The topological polar surface area (TPSA) is 179 Å². The van der Waals surface area contributed by atoms with Gasteiger partial charge < -0.3 is 18.9 Å². The summed E-state index contributed by atoms with van der Waals surface area (Å²) in [7, 11) is -6.20. The fraction of sp³-hybridized carbons (Fsp3) is 0.467. The molecule has 4 aromatic rings. The van der Waals surface area contributed by atoms with Crippen LogP contribution >= 0.6 is 39.0 Å². The minimum atomic E-state index is -4.60. The van der Waals surface area contributed by atoms with Gasteiger partial charge in [0, 0.05) is 87.7 Å². The van der Waals surface area contributed by atoms with Crippen molar-refractivity contribution < 1.29 is 62.1 Å². The molecule has 16 nitrogen and oxygen atoms in total. The molecule has 0 aliphatic carbocycles. The zero-order valence-electron chi connectivity index (χ0n) is 30.0. The summed E-state index contributed by atoms with van der Waals surface area (Å²) < 4.78 is 161. The lowest BCUT2D eigenvalue weighted by molar-refractivity contribution is 0.0331.